The molecule has 0 N–H and O–H groups in total. The normalized spacial score (nSPS) is 42.2. The fourth-order valence-electron chi connectivity index (χ4n) is 2.67. The summed E-state index contributed by atoms with van der Waals surface area (Å²) < 4.78 is 0. The zero-order valence-corrected chi connectivity index (χ0v) is 6.93. The standard InChI is InChI=1S/C10H16/c1-10(2)6-8-3-4-9(5-8)7-10/h3-4,8-9H,5-7H2,1-2H3. The molecule has 0 saturated heterocycles. The van der Waals surface area contributed by atoms with E-state index in [1.54, 1.807) is 0 Å². The molecule has 0 aromatic heterocycles. The molecule has 0 heterocycles. The van der Waals surface area contributed by atoms with Crippen molar-refractivity contribution >= 4 is 0 Å². The van der Waals surface area contributed by atoms with Crippen molar-refractivity contribution in [2.24, 2.45) is 17.3 Å². The fourth-order valence-corrected chi connectivity index (χ4v) is 2.67. The zero-order valence-electron chi connectivity index (χ0n) is 6.93. The van der Waals surface area contributed by atoms with E-state index in [9.17, 15) is 0 Å². The van der Waals surface area contributed by atoms with Crippen molar-refractivity contribution in [2.75, 3.05) is 0 Å². The highest BCUT2D eigenvalue weighted by atomic mass is 14.4. The predicted octanol–water partition coefficient (Wildman–Crippen LogP) is 3.00. The van der Waals surface area contributed by atoms with E-state index in [0.29, 0.717) is 5.41 Å². The summed E-state index contributed by atoms with van der Waals surface area (Å²) in [6, 6.07) is 0. The number of fused-ring (bicyclic) bond motifs is 2. The quantitative estimate of drug-likeness (QED) is 0.449. The Morgan fingerprint density at radius 1 is 1.10 bits per heavy atom. The van der Waals surface area contributed by atoms with E-state index in [1.165, 1.54) is 19.3 Å². The molecule has 0 aliphatic heterocycles. The molecule has 0 nitrogen and oxygen atoms in total. The minimum atomic E-state index is 0.622. The lowest BCUT2D eigenvalue weighted by molar-refractivity contribution is 0.185. The predicted molar refractivity (Wildman–Crippen MR) is 43.8 cm³/mol. The highest BCUT2D eigenvalue weighted by Gasteiger charge is 2.34. The third-order valence-electron chi connectivity index (χ3n) is 2.89. The Bertz CT molecular complexity index is 149. The van der Waals surface area contributed by atoms with Crippen LogP contribution < -0.4 is 0 Å². The van der Waals surface area contributed by atoms with Gasteiger partial charge in [0.25, 0.3) is 0 Å². The summed E-state index contributed by atoms with van der Waals surface area (Å²) in [5.74, 6) is 1.85. The van der Waals surface area contributed by atoms with E-state index < -0.39 is 0 Å². The highest BCUT2D eigenvalue weighted by Crippen LogP contribution is 2.46. The van der Waals surface area contributed by atoms with Crippen LogP contribution in [-0.4, -0.2) is 0 Å². The van der Waals surface area contributed by atoms with Crippen molar-refractivity contribution in [2.45, 2.75) is 33.1 Å². The SMILES string of the molecule is CC1(C)CC2C=CC(C2)C1. The first-order valence-corrected chi connectivity index (χ1v) is 4.34. The molecule has 10 heavy (non-hydrogen) atoms. The average Bonchev–Trinajstić information content (AvgIpc) is 2.08. The number of rotatable bonds is 0. The lowest BCUT2D eigenvalue weighted by atomic mass is 9.71. The summed E-state index contributed by atoms with van der Waals surface area (Å²) in [7, 11) is 0. The molecule has 2 aliphatic carbocycles. The summed E-state index contributed by atoms with van der Waals surface area (Å²) >= 11 is 0. The van der Waals surface area contributed by atoms with Crippen LogP contribution in [0.5, 0.6) is 0 Å². The van der Waals surface area contributed by atoms with Gasteiger partial charge in [-0.25, -0.2) is 0 Å². The largest absolute Gasteiger partial charge is 0.0851 e. The monoisotopic (exact) mass is 136 g/mol. The molecule has 1 saturated carbocycles. The van der Waals surface area contributed by atoms with Gasteiger partial charge in [0.1, 0.15) is 0 Å². The topological polar surface area (TPSA) is 0 Å². The molecule has 2 bridgehead atoms. The third-order valence-corrected chi connectivity index (χ3v) is 2.89. The van der Waals surface area contributed by atoms with Gasteiger partial charge in [-0.3, -0.25) is 0 Å². The molecule has 0 spiro atoms. The van der Waals surface area contributed by atoms with Gasteiger partial charge in [-0.1, -0.05) is 26.0 Å². The van der Waals surface area contributed by atoms with Gasteiger partial charge >= 0.3 is 0 Å². The first kappa shape index (κ1) is 6.45. The molecular weight excluding hydrogens is 120 g/mol. The Balaban J connectivity index is 2.15. The molecule has 2 unspecified atom stereocenters. The highest BCUT2D eigenvalue weighted by molar-refractivity contribution is 5.07. The van der Waals surface area contributed by atoms with Gasteiger partial charge in [-0.2, -0.15) is 0 Å². The van der Waals surface area contributed by atoms with E-state index in [1.807, 2.05) is 0 Å². The lowest BCUT2D eigenvalue weighted by Gasteiger charge is -2.34. The lowest BCUT2D eigenvalue weighted by Crippen LogP contribution is -2.23. The van der Waals surface area contributed by atoms with Crippen molar-refractivity contribution in [1.82, 2.24) is 0 Å². The molecular formula is C10H16. The Hall–Kier alpha value is -0.260. The van der Waals surface area contributed by atoms with Crippen LogP contribution in [0.2, 0.25) is 0 Å². The van der Waals surface area contributed by atoms with Crippen LogP contribution in [0.3, 0.4) is 0 Å². The van der Waals surface area contributed by atoms with E-state index in [-0.39, 0.29) is 0 Å². The summed E-state index contributed by atoms with van der Waals surface area (Å²) in [5.41, 5.74) is 0.622. The summed E-state index contributed by atoms with van der Waals surface area (Å²) in [6.45, 7) is 4.80. The van der Waals surface area contributed by atoms with Crippen molar-refractivity contribution < 1.29 is 0 Å². The third kappa shape index (κ3) is 1.00. The van der Waals surface area contributed by atoms with Crippen molar-refractivity contribution in [3.63, 3.8) is 0 Å². The van der Waals surface area contributed by atoms with Gasteiger partial charge < -0.3 is 0 Å². The molecule has 2 aliphatic rings. The van der Waals surface area contributed by atoms with Crippen molar-refractivity contribution in [1.29, 1.82) is 0 Å². The Morgan fingerprint density at radius 2 is 1.60 bits per heavy atom. The van der Waals surface area contributed by atoms with Gasteiger partial charge in [0.15, 0.2) is 0 Å². The van der Waals surface area contributed by atoms with E-state index in [0.717, 1.165) is 11.8 Å². The molecule has 2 rings (SSSR count). The molecule has 0 aromatic carbocycles. The first-order valence-electron chi connectivity index (χ1n) is 4.34. The van der Waals surface area contributed by atoms with Crippen LogP contribution in [0.25, 0.3) is 0 Å². The van der Waals surface area contributed by atoms with Gasteiger partial charge in [0.2, 0.25) is 0 Å². The summed E-state index contributed by atoms with van der Waals surface area (Å²) in [5, 5.41) is 0. The fraction of sp³-hybridized carbons (Fsp3) is 0.800. The van der Waals surface area contributed by atoms with Gasteiger partial charge in [0.05, 0.1) is 0 Å². The van der Waals surface area contributed by atoms with Crippen LogP contribution in [0, 0.1) is 17.3 Å². The minimum absolute atomic E-state index is 0.622. The van der Waals surface area contributed by atoms with Crippen LogP contribution in [-0.2, 0) is 0 Å². The van der Waals surface area contributed by atoms with Crippen LogP contribution in [0.15, 0.2) is 12.2 Å². The number of hydrogen-bond acceptors (Lipinski definition) is 0. The molecule has 56 valence electrons. The summed E-state index contributed by atoms with van der Waals surface area (Å²) in [6.07, 6.45) is 9.14. The second-order valence-corrected chi connectivity index (χ2v) is 4.71. The molecule has 0 aromatic rings. The molecule has 0 radical (unpaired) electrons. The van der Waals surface area contributed by atoms with Crippen LogP contribution >= 0.6 is 0 Å². The smallest absolute Gasteiger partial charge is 0.0223 e. The maximum absolute atomic E-state index is 2.43. The van der Waals surface area contributed by atoms with Crippen molar-refractivity contribution in [3.05, 3.63) is 12.2 Å². The van der Waals surface area contributed by atoms with E-state index in [4.69, 9.17) is 0 Å². The van der Waals surface area contributed by atoms with Crippen LogP contribution in [0.4, 0.5) is 0 Å². The molecule has 1 fully saturated rings. The molecule has 2 atom stereocenters. The summed E-state index contributed by atoms with van der Waals surface area (Å²) in [4.78, 5) is 0. The second kappa shape index (κ2) is 1.87. The maximum atomic E-state index is 2.43. The minimum Gasteiger partial charge on any atom is -0.0851 e. The Kier molecular flexibility index (Phi) is 1.21. The van der Waals surface area contributed by atoms with Gasteiger partial charge in [0, 0.05) is 0 Å². The van der Waals surface area contributed by atoms with Crippen LogP contribution in [0.1, 0.15) is 33.1 Å². The van der Waals surface area contributed by atoms with E-state index in [2.05, 4.69) is 26.0 Å². The van der Waals surface area contributed by atoms with Gasteiger partial charge in [-0.15, -0.1) is 0 Å². The maximum Gasteiger partial charge on any atom is -0.0223 e. The Morgan fingerprint density at radius 3 is 2.10 bits per heavy atom. The van der Waals surface area contributed by atoms with Gasteiger partial charge in [-0.05, 0) is 36.5 Å². The van der Waals surface area contributed by atoms with Crippen molar-refractivity contribution in [3.8, 4) is 0 Å². The molecule has 0 amide bonds. The average molecular weight is 136 g/mol. The zero-order chi connectivity index (χ0) is 7.19. The van der Waals surface area contributed by atoms with E-state index >= 15 is 0 Å². The Labute approximate surface area is 63.3 Å². The molecule has 0 heteroatoms. The number of hydrogen-bond donors (Lipinski definition) is 0. The number of allylic oxidation sites excluding steroid dienone is 2. The second-order valence-electron chi connectivity index (χ2n) is 4.71. The first-order chi connectivity index (χ1) is 4.66.